The number of rotatable bonds is 16. The van der Waals surface area contributed by atoms with Gasteiger partial charge in [-0.25, -0.2) is 24.3 Å². The van der Waals surface area contributed by atoms with Crippen LogP contribution in [0.25, 0.3) is 0 Å². The van der Waals surface area contributed by atoms with Gasteiger partial charge in [0.25, 0.3) is 11.8 Å². The number of carboxylic acids is 1. The quantitative estimate of drug-likeness (QED) is 0.0209. The molecule has 1 aromatic heterocycles. The highest BCUT2D eigenvalue weighted by Gasteiger charge is 2.71. The number of fused-ring (bicyclic) bond motifs is 1. The molecule has 3 aliphatic rings. The molecule has 16 nitrogen and oxygen atoms in total. The van der Waals surface area contributed by atoms with Gasteiger partial charge >= 0.3 is 18.2 Å². The number of benzene rings is 3. The van der Waals surface area contributed by atoms with E-state index in [2.05, 4.69) is 20.9 Å². The number of aliphatic carboxylic acids is 1. The van der Waals surface area contributed by atoms with E-state index in [0.717, 1.165) is 0 Å². The number of alkyl carbamates (subject to hydrolysis) is 1. The maximum absolute atomic E-state index is 15.6. The van der Waals surface area contributed by atoms with E-state index in [-0.39, 0.29) is 35.2 Å². The minimum Gasteiger partial charge on any atom is -0.477 e. The van der Waals surface area contributed by atoms with Crippen LogP contribution in [0.4, 0.5) is 15.4 Å². The average Bonchev–Trinajstić information content (AvgIpc) is 3.60. The number of thioether (sulfide) groups is 3. The van der Waals surface area contributed by atoms with Crippen molar-refractivity contribution >= 4 is 93.2 Å². The summed E-state index contributed by atoms with van der Waals surface area (Å²) in [5.41, 5.74) is -3.44. The predicted octanol–water partition coefficient (Wildman–Crippen LogP) is 8.19. The molecular weight excluding hydrogens is 971 g/mol. The fraction of sp³-hybridized carbons (Fsp3) is 0.360. The molecule has 20 heteroatoms. The van der Waals surface area contributed by atoms with Crippen LogP contribution in [0, 0.1) is 0 Å². The summed E-state index contributed by atoms with van der Waals surface area (Å²) in [6.45, 7) is 12.7. The summed E-state index contributed by atoms with van der Waals surface area (Å²) in [5.74, 6) is -1.81. The smallest absolute Gasteiger partial charge is 0.413 e. The Labute approximate surface area is 425 Å². The van der Waals surface area contributed by atoms with Crippen molar-refractivity contribution in [1.29, 1.82) is 0 Å². The molecule has 2 unspecified atom stereocenters. The van der Waals surface area contributed by atoms with Gasteiger partial charge in [0.1, 0.15) is 33.8 Å². The summed E-state index contributed by atoms with van der Waals surface area (Å²) in [5, 5.41) is 22.1. The zero-order valence-corrected chi connectivity index (χ0v) is 42.9. The molecule has 4 atom stereocenters. The van der Waals surface area contributed by atoms with E-state index in [1.807, 2.05) is 103 Å². The van der Waals surface area contributed by atoms with Crippen molar-refractivity contribution in [2.75, 3.05) is 29.1 Å². The number of hydrogen-bond acceptors (Lipinski definition) is 15. The Bertz CT molecular complexity index is 2570. The highest BCUT2D eigenvalue weighted by Crippen LogP contribution is 2.51. The first-order valence-corrected chi connectivity index (χ1v) is 25.9. The first kappa shape index (κ1) is 51.9. The molecule has 4 heterocycles. The third-order valence-electron chi connectivity index (χ3n) is 11.0. The molecule has 0 spiro atoms. The number of thiocarbonyl (C=S) groups is 1. The fourth-order valence-corrected chi connectivity index (χ4v) is 12.5. The topological polar surface area (TPSA) is 201 Å². The number of carboxylic acid groups (broad SMARTS) is 1. The number of hydrogen-bond donors (Lipinski definition) is 4. The molecule has 0 aliphatic carbocycles. The fourth-order valence-electron chi connectivity index (χ4n) is 8.23. The lowest BCUT2D eigenvalue weighted by Crippen LogP contribution is -2.87. The zero-order chi connectivity index (χ0) is 50.4. The number of pyridine rings is 1. The number of carbonyl (C=O) groups excluding carboxylic acids is 4. The van der Waals surface area contributed by atoms with Gasteiger partial charge in [-0.2, -0.15) is 11.8 Å². The van der Waals surface area contributed by atoms with Crippen molar-refractivity contribution in [2.24, 2.45) is 5.16 Å². The van der Waals surface area contributed by atoms with Crippen LogP contribution in [0.3, 0.4) is 0 Å². The maximum Gasteiger partial charge on any atom is 0.413 e. The Kier molecular flexibility index (Phi) is 16.0. The monoisotopic (exact) mass is 1030 g/mol. The second-order valence-electron chi connectivity index (χ2n) is 18.3. The Balaban J connectivity index is 1.33. The van der Waals surface area contributed by atoms with Crippen LogP contribution in [0.1, 0.15) is 70.9 Å². The molecule has 368 valence electrons. The van der Waals surface area contributed by atoms with E-state index < -0.39 is 69.2 Å². The van der Waals surface area contributed by atoms with Crippen LogP contribution < -0.4 is 16.0 Å². The maximum atomic E-state index is 15.6. The van der Waals surface area contributed by atoms with Gasteiger partial charge in [-0.3, -0.25) is 19.8 Å². The Hall–Kier alpha value is -5.93. The Morgan fingerprint density at radius 3 is 1.99 bits per heavy atom. The van der Waals surface area contributed by atoms with Crippen LogP contribution in [-0.2, 0) is 34.3 Å². The molecule has 0 radical (unpaired) electrons. The lowest BCUT2D eigenvalue weighted by molar-refractivity contribution is -0.175. The number of aromatic nitrogens is 1. The van der Waals surface area contributed by atoms with Crippen molar-refractivity contribution in [1.82, 2.24) is 25.4 Å². The summed E-state index contributed by atoms with van der Waals surface area (Å²) < 4.78 is 11.4. The van der Waals surface area contributed by atoms with Gasteiger partial charge in [-0.05, 0) is 66.7 Å². The normalized spacial score (nSPS) is 20.6. The van der Waals surface area contributed by atoms with Crippen molar-refractivity contribution in [3.05, 3.63) is 143 Å². The number of carbonyl (C=O) groups is 5. The Morgan fingerprint density at radius 2 is 1.43 bits per heavy atom. The van der Waals surface area contributed by atoms with Gasteiger partial charge in [0.05, 0.1) is 15.6 Å². The molecule has 70 heavy (non-hydrogen) atoms. The van der Waals surface area contributed by atoms with Crippen LogP contribution >= 0.6 is 47.5 Å². The molecule has 4 N–H and O–H groups in total. The first-order chi connectivity index (χ1) is 33.2. The molecule has 7 rings (SSSR count). The molecule has 0 bridgehead atoms. The summed E-state index contributed by atoms with van der Waals surface area (Å²) in [6.07, 6.45) is 0.128. The standard InChI is InChI=1S/C50H55N7O9S4/c1-31-57(37(42(67)70-31)30-68-29-27-51-45(62)64-47(2,3)4)50(43(61)56-36(41(59)60)26-28-69-44(50)56)54-40(58)39(35-24-17-25-38(52-35)53-46(63)65-48(5,6)7)55-66-49(32-18-11-8-12-19-32,33-20-13-9-14-21-33)34-22-15-10-16-23-34/h8-26,31,37,44H,27-30H2,1-7H3,(H,51,62)(H,54,58)(H,59,60)(H,52,53,63)/t31?,37?,44-,50+/m0/s1. The third-order valence-corrected chi connectivity index (χ3v) is 14.9. The number of anilines is 1. The van der Waals surface area contributed by atoms with Gasteiger partial charge in [-0.1, -0.05) is 126 Å². The van der Waals surface area contributed by atoms with E-state index >= 15 is 9.59 Å². The lowest BCUT2D eigenvalue weighted by atomic mass is 9.80. The van der Waals surface area contributed by atoms with E-state index in [1.165, 1.54) is 58.4 Å². The van der Waals surface area contributed by atoms with Crippen molar-refractivity contribution in [2.45, 2.75) is 87.7 Å². The molecule has 3 aliphatic heterocycles. The summed E-state index contributed by atoms with van der Waals surface area (Å²) in [4.78, 5) is 83.4. The van der Waals surface area contributed by atoms with Crippen molar-refractivity contribution in [3.8, 4) is 0 Å². The van der Waals surface area contributed by atoms with Crippen molar-refractivity contribution in [3.63, 3.8) is 0 Å². The van der Waals surface area contributed by atoms with E-state index in [4.69, 9.17) is 31.7 Å². The number of amides is 4. The van der Waals surface area contributed by atoms with Crippen LogP contribution in [0.2, 0.25) is 0 Å². The van der Waals surface area contributed by atoms with E-state index in [0.29, 0.717) is 32.4 Å². The number of nitrogens with one attached hydrogen (secondary N) is 3. The highest BCUT2D eigenvalue weighted by molar-refractivity contribution is 8.24. The summed E-state index contributed by atoms with van der Waals surface area (Å²) in [6, 6.07) is 32.2. The van der Waals surface area contributed by atoms with Crippen LogP contribution in [0.5, 0.6) is 0 Å². The second kappa shape index (κ2) is 21.6. The molecule has 2 saturated heterocycles. The van der Waals surface area contributed by atoms with Crippen LogP contribution in [0.15, 0.2) is 126 Å². The van der Waals surface area contributed by atoms with Gasteiger partial charge in [-0.15, -0.1) is 11.8 Å². The van der Waals surface area contributed by atoms with Crippen LogP contribution in [-0.4, -0.2) is 117 Å². The number of nitrogens with zero attached hydrogens (tertiary/aromatic N) is 4. The molecule has 3 aromatic carbocycles. The lowest BCUT2D eigenvalue weighted by Gasteiger charge is -2.61. The van der Waals surface area contributed by atoms with E-state index in [9.17, 15) is 19.5 Å². The van der Waals surface area contributed by atoms with Gasteiger partial charge in [0, 0.05) is 40.5 Å². The SMILES string of the molecule is CC1SC(=S)C(CSCCNC(=O)OC(C)(C)C)N1[C@]1(NC(=O)C(=NOC(c2ccccc2)(c2ccccc2)c2ccccc2)c2cccc(NC(=O)OC(C)(C)C)n2)C(=O)N2C(C(=O)O)=CCS[C@H]21. The van der Waals surface area contributed by atoms with Gasteiger partial charge in [0.15, 0.2) is 5.71 Å². The van der Waals surface area contributed by atoms with Gasteiger partial charge < -0.3 is 30.1 Å². The summed E-state index contributed by atoms with van der Waals surface area (Å²) in [7, 11) is 0. The minimum absolute atomic E-state index is 0.0283. The highest BCUT2D eigenvalue weighted by atomic mass is 32.2. The zero-order valence-electron chi connectivity index (χ0n) is 39.7. The first-order valence-electron chi connectivity index (χ1n) is 22.4. The average molecular weight is 1030 g/mol. The molecule has 0 saturated carbocycles. The second-order valence-corrected chi connectivity index (χ2v) is 22.6. The largest absolute Gasteiger partial charge is 0.477 e. The Morgan fingerprint density at radius 1 is 0.857 bits per heavy atom. The number of oxime groups is 1. The minimum atomic E-state index is -1.88. The number of β-lactam (4-membered cyclic amide) rings is 1. The number of ether oxygens (including phenoxy) is 2. The molecule has 4 aromatic rings. The molecule has 2 fully saturated rings. The molecular formula is C50H55N7O9S4. The van der Waals surface area contributed by atoms with Gasteiger partial charge in [0.2, 0.25) is 11.3 Å². The van der Waals surface area contributed by atoms with E-state index in [1.54, 1.807) is 47.6 Å². The molecule has 4 amide bonds. The third kappa shape index (κ3) is 11.3. The predicted molar refractivity (Wildman–Crippen MR) is 277 cm³/mol. The van der Waals surface area contributed by atoms with Crippen molar-refractivity contribution < 1.29 is 43.4 Å². The summed E-state index contributed by atoms with van der Waals surface area (Å²) >= 11 is 10.1.